The molecule has 14 heavy (non-hydrogen) atoms. The number of aliphatic carboxylic acids is 1. The van der Waals surface area contributed by atoms with E-state index >= 15 is 0 Å². The van der Waals surface area contributed by atoms with Crippen LogP contribution in [0.4, 0.5) is 0 Å². The fourth-order valence-corrected chi connectivity index (χ4v) is 1.69. The van der Waals surface area contributed by atoms with Crippen molar-refractivity contribution in [3.8, 4) is 0 Å². The molecule has 6 heteroatoms. The van der Waals surface area contributed by atoms with Crippen LogP contribution >= 0.6 is 11.3 Å². The molecule has 0 bridgehead atoms. The van der Waals surface area contributed by atoms with Crippen molar-refractivity contribution in [2.45, 2.75) is 19.5 Å². The summed E-state index contributed by atoms with van der Waals surface area (Å²) >= 11 is 1.59. The summed E-state index contributed by atoms with van der Waals surface area (Å²) in [6, 6.07) is -0.844. The lowest BCUT2D eigenvalue weighted by Crippen LogP contribution is -2.39. The molecule has 1 aromatic heterocycles. The number of nitrogens with two attached hydrogens (primary N) is 1. The molecule has 1 atom stereocenters. The van der Waals surface area contributed by atoms with Crippen LogP contribution in [0.3, 0.4) is 0 Å². The maximum atomic E-state index is 10.4. The van der Waals surface area contributed by atoms with Crippen molar-refractivity contribution in [3.05, 3.63) is 16.1 Å². The number of aromatic nitrogens is 1. The van der Waals surface area contributed by atoms with E-state index in [9.17, 15) is 4.79 Å². The van der Waals surface area contributed by atoms with Crippen molar-refractivity contribution >= 4 is 17.3 Å². The first-order chi connectivity index (χ1) is 6.59. The van der Waals surface area contributed by atoms with Gasteiger partial charge in [0.15, 0.2) is 0 Å². The number of nitrogens with one attached hydrogen (secondary N) is 1. The normalized spacial score (nSPS) is 12.7. The molecule has 1 heterocycles. The number of carboxylic acids is 1. The molecule has 4 N–H and O–H groups in total. The Hall–Kier alpha value is -0.980. The Bertz CT molecular complexity index is 313. The predicted octanol–water partition coefficient (Wildman–Crippen LogP) is -0.0470. The first kappa shape index (κ1) is 11.1. The quantitative estimate of drug-likeness (QED) is 0.641. The van der Waals surface area contributed by atoms with Crippen LogP contribution in [-0.4, -0.2) is 28.6 Å². The zero-order chi connectivity index (χ0) is 10.6. The lowest BCUT2D eigenvalue weighted by molar-refractivity contribution is -0.138. The van der Waals surface area contributed by atoms with Crippen LogP contribution in [0.2, 0.25) is 0 Å². The minimum absolute atomic E-state index is 0.270. The monoisotopic (exact) mass is 215 g/mol. The van der Waals surface area contributed by atoms with Gasteiger partial charge in [0.05, 0.1) is 5.01 Å². The van der Waals surface area contributed by atoms with Gasteiger partial charge in [0.1, 0.15) is 6.04 Å². The molecule has 1 rings (SSSR count). The van der Waals surface area contributed by atoms with Crippen molar-refractivity contribution in [2.24, 2.45) is 5.73 Å². The Kier molecular flexibility index (Phi) is 3.99. The molecule has 78 valence electrons. The number of hydrogen-bond donors (Lipinski definition) is 3. The highest BCUT2D eigenvalue weighted by molar-refractivity contribution is 7.11. The van der Waals surface area contributed by atoms with Gasteiger partial charge in [-0.05, 0) is 6.92 Å². The van der Waals surface area contributed by atoms with Gasteiger partial charge >= 0.3 is 5.97 Å². The minimum atomic E-state index is -0.988. The van der Waals surface area contributed by atoms with Crippen LogP contribution < -0.4 is 11.1 Å². The van der Waals surface area contributed by atoms with Gasteiger partial charge in [-0.3, -0.25) is 4.79 Å². The first-order valence-corrected chi connectivity index (χ1v) is 5.01. The molecule has 1 unspecified atom stereocenters. The van der Waals surface area contributed by atoms with Crippen LogP contribution in [0, 0.1) is 6.92 Å². The van der Waals surface area contributed by atoms with E-state index in [1.54, 1.807) is 17.5 Å². The Morgan fingerprint density at radius 1 is 1.86 bits per heavy atom. The number of rotatable bonds is 5. The second-order valence-corrected chi connectivity index (χ2v) is 4.24. The van der Waals surface area contributed by atoms with Gasteiger partial charge in [-0.2, -0.15) is 0 Å². The smallest absolute Gasteiger partial charge is 0.321 e. The van der Waals surface area contributed by atoms with Crippen molar-refractivity contribution in [3.63, 3.8) is 0 Å². The maximum absolute atomic E-state index is 10.4. The van der Waals surface area contributed by atoms with Crippen LogP contribution in [0.25, 0.3) is 0 Å². The lowest BCUT2D eigenvalue weighted by atomic mass is 10.3. The SMILES string of the molecule is Cc1ncc(CNCC(N)C(=O)O)s1. The van der Waals surface area contributed by atoms with Crippen LogP contribution in [0.5, 0.6) is 0 Å². The van der Waals surface area contributed by atoms with Crippen molar-refractivity contribution in [2.75, 3.05) is 6.54 Å². The van der Waals surface area contributed by atoms with Gasteiger partial charge in [-0.25, -0.2) is 4.98 Å². The third-order valence-electron chi connectivity index (χ3n) is 1.65. The van der Waals surface area contributed by atoms with E-state index in [1.165, 1.54) is 0 Å². The van der Waals surface area contributed by atoms with E-state index in [4.69, 9.17) is 10.8 Å². The van der Waals surface area contributed by atoms with Crippen LogP contribution in [0.1, 0.15) is 9.88 Å². The standard InChI is InChI=1S/C8H13N3O2S/c1-5-11-3-6(14-5)2-10-4-7(9)8(12)13/h3,7,10H,2,4,9H2,1H3,(H,12,13). The van der Waals surface area contributed by atoms with E-state index in [0.29, 0.717) is 6.54 Å². The summed E-state index contributed by atoms with van der Waals surface area (Å²) in [5.74, 6) is -0.988. The van der Waals surface area contributed by atoms with Gasteiger partial charge in [-0.1, -0.05) is 0 Å². The minimum Gasteiger partial charge on any atom is -0.480 e. The molecule has 0 aliphatic carbocycles. The second kappa shape index (κ2) is 5.04. The van der Waals surface area contributed by atoms with Crippen molar-refractivity contribution < 1.29 is 9.90 Å². The molecule has 0 saturated carbocycles. The van der Waals surface area contributed by atoms with Crippen LogP contribution in [0.15, 0.2) is 6.20 Å². The molecule has 0 saturated heterocycles. The zero-order valence-corrected chi connectivity index (χ0v) is 8.67. The number of hydrogen-bond acceptors (Lipinski definition) is 5. The van der Waals surface area contributed by atoms with Crippen LogP contribution in [-0.2, 0) is 11.3 Å². The largest absolute Gasteiger partial charge is 0.480 e. The lowest BCUT2D eigenvalue weighted by Gasteiger charge is -2.06. The number of nitrogens with zero attached hydrogens (tertiary/aromatic N) is 1. The summed E-state index contributed by atoms with van der Waals surface area (Å²) in [5.41, 5.74) is 5.31. The summed E-state index contributed by atoms with van der Waals surface area (Å²) in [5, 5.41) is 12.5. The molecular formula is C8H13N3O2S. The maximum Gasteiger partial charge on any atom is 0.321 e. The number of carbonyl (C=O) groups is 1. The van der Waals surface area contributed by atoms with Gasteiger partial charge < -0.3 is 16.2 Å². The number of aryl methyl sites for hydroxylation is 1. The highest BCUT2D eigenvalue weighted by Crippen LogP contribution is 2.10. The first-order valence-electron chi connectivity index (χ1n) is 4.20. The van der Waals surface area contributed by atoms with E-state index in [1.807, 2.05) is 6.92 Å². The molecule has 1 aromatic rings. The summed E-state index contributed by atoms with van der Waals surface area (Å²) in [6.07, 6.45) is 1.78. The summed E-state index contributed by atoms with van der Waals surface area (Å²) in [7, 11) is 0. The molecule has 0 radical (unpaired) electrons. The molecular weight excluding hydrogens is 202 g/mol. The highest BCUT2D eigenvalue weighted by atomic mass is 32.1. The number of carboxylic acid groups (broad SMARTS) is 1. The summed E-state index contributed by atoms with van der Waals surface area (Å²) in [4.78, 5) is 15.5. The highest BCUT2D eigenvalue weighted by Gasteiger charge is 2.10. The van der Waals surface area contributed by atoms with Gasteiger partial charge in [0, 0.05) is 24.2 Å². The third kappa shape index (κ3) is 3.41. The van der Waals surface area contributed by atoms with Gasteiger partial charge in [-0.15, -0.1) is 11.3 Å². The molecule has 0 aliphatic rings. The van der Waals surface area contributed by atoms with E-state index in [0.717, 1.165) is 9.88 Å². The van der Waals surface area contributed by atoms with E-state index in [2.05, 4.69) is 10.3 Å². The molecule has 5 nitrogen and oxygen atoms in total. The Balaban J connectivity index is 2.25. The molecule has 0 fully saturated rings. The Labute approximate surface area is 86.0 Å². The van der Waals surface area contributed by atoms with Gasteiger partial charge in [0.2, 0.25) is 0 Å². The summed E-state index contributed by atoms with van der Waals surface area (Å²) in [6.45, 7) is 2.82. The second-order valence-electron chi connectivity index (χ2n) is 2.92. The fourth-order valence-electron chi connectivity index (χ4n) is 0.925. The molecule has 0 amide bonds. The van der Waals surface area contributed by atoms with Gasteiger partial charge in [0.25, 0.3) is 0 Å². The zero-order valence-electron chi connectivity index (χ0n) is 7.86. The van der Waals surface area contributed by atoms with Crippen molar-refractivity contribution in [1.82, 2.24) is 10.3 Å². The Morgan fingerprint density at radius 2 is 2.57 bits per heavy atom. The average Bonchev–Trinajstić information content (AvgIpc) is 2.51. The third-order valence-corrected chi connectivity index (χ3v) is 2.56. The topological polar surface area (TPSA) is 88.2 Å². The molecule has 0 aliphatic heterocycles. The Morgan fingerprint density at radius 3 is 3.07 bits per heavy atom. The summed E-state index contributed by atoms with van der Waals surface area (Å²) < 4.78 is 0. The van der Waals surface area contributed by atoms with E-state index < -0.39 is 12.0 Å². The molecule has 0 aromatic carbocycles. The average molecular weight is 215 g/mol. The number of thiazole rings is 1. The van der Waals surface area contributed by atoms with E-state index in [-0.39, 0.29) is 6.54 Å². The predicted molar refractivity (Wildman–Crippen MR) is 54.2 cm³/mol. The fraction of sp³-hybridized carbons (Fsp3) is 0.500. The molecule has 0 spiro atoms. The van der Waals surface area contributed by atoms with Crippen molar-refractivity contribution in [1.29, 1.82) is 0 Å².